The van der Waals surface area contributed by atoms with Gasteiger partial charge < -0.3 is 15.4 Å². The molecule has 154 valence electrons. The number of carbonyl (C=O) groups excluding carboxylic acids is 2. The maximum atomic E-state index is 12.1. The van der Waals surface area contributed by atoms with Crippen LogP contribution < -0.4 is 15.4 Å². The first kappa shape index (κ1) is 21.4. The fraction of sp³-hybridized carbons (Fsp3) is 0.167. The lowest BCUT2D eigenvalue weighted by molar-refractivity contribution is -0.118. The van der Waals surface area contributed by atoms with E-state index in [2.05, 4.69) is 10.6 Å². The second-order valence-electron chi connectivity index (χ2n) is 6.86. The van der Waals surface area contributed by atoms with Crippen molar-refractivity contribution in [2.24, 2.45) is 0 Å². The summed E-state index contributed by atoms with van der Waals surface area (Å²) in [5, 5.41) is 6.28. The van der Waals surface area contributed by atoms with Crippen LogP contribution in [0.5, 0.6) is 5.75 Å². The van der Waals surface area contributed by atoms with Crippen molar-refractivity contribution in [3.63, 3.8) is 0 Å². The summed E-state index contributed by atoms with van der Waals surface area (Å²) in [5.41, 5.74) is 3.31. The molecule has 2 N–H and O–H groups in total. The minimum atomic E-state index is -0.276. The molecule has 0 saturated carbocycles. The SMILES string of the molecule is Cc1cc(OCC(=O)Nc2ccc(NC(=O)CCc3ccccc3)cc2)ccc1Cl. The Morgan fingerprint density at radius 3 is 2.13 bits per heavy atom. The van der Waals surface area contributed by atoms with Gasteiger partial charge in [0, 0.05) is 22.8 Å². The second kappa shape index (κ2) is 10.5. The van der Waals surface area contributed by atoms with Crippen LogP contribution in [0.3, 0.4) is 0 Å². The average molecular weight is 423 g/mol. The number of hydrogen-bond acceptors (Lipinski definition) is 3. The number of aryl methyl sites for hydroxylation is 2. The third kappa shape index (κ3) is 6.64. The summed E-state index contributed by atoms with van der Waals surface area (Å²) in [4.78, 5) is 24.2. The summed E-state index contributed by atoms with van der Waals surface area (Å²) in [6, 6.07) is 22.1. The molecule has 0 spiro atoms. The van der Waals surface area contributed by atoms with Crippen LogP contribution in [0.25, 0.3) is 0 Å². The summed E-state index contributed by atoms with van der Waals surface area (Å²) in [7, 11) is 0. The van der Waals surface area contributed by atoms with Gasteiger partial charge in [0.2, 0.25) is 5.91 Å². The number of nitrogens with one attached hydrogen (secondary N) is 2. The van der Waals surface area contributed by atoms with E-state index in [1.165, 1.54) is 0 Å². The Hall–Kier alpha value is -3.31. The molecule has 3 aromatic carbocycles. The first-order valence-corrected chi connectivity index (χ1v) is 10.00. The van der Waals surface area contributed by atoms with Gasteiger partial charge in [-0.3, -0.25) is 9.59 Å². The third-order valence-electron chi connectivity index (χ3n) is 4.44. The minimum Gasteiger partial charge on any atom is -0.484 e. The molecule has 30 heavy (non-hydrogen) atoms. The molecule has 0 saturated heterocycles. The highest BCUT2D eigenvalue weighted by atomic mass is 35.5. The zero-order valence-corrected chi connectivity index (χ0v) is 17.4. The van der Waals surface area contributed by atoms with Crippen LogP contribution in [0.15, 0.2) is 72.8 Å². The van der Waals surface area contributed by atoms with Gasteiger partial charge in [0.1, 0.15) is 5.75 Å². The maximum absolute atomic E-state index is 12.1. The number of hydrogen-bond donors (Lipinski definition) is 2. The van der Waals surface area contributed by atoms with Gasteiger partial charge in [-0.25, -0.2) is 0 Å². The molecule has 0 aromatic heterocycles. The third-order valence-corrected chi connectivity index (χ3v) is 4.86. The van der Waals surface area contributed by atoms with Gasteiger partial charge in [0.15, 0.2) is 6.61 Å². The van der Waals surface area contributed by atoms with Crippen molar-refractivity contribution in [1.29, 1.82) is 0 Å². The average Bonchev–Trinajstić information content (AvgIpc) is 2.75. The van der Waals surface area contributed by atoms with Gasteiger partial charge in [0.25, 0.3) is 5.91 Å². The molecule has 0 aliphatic carbocycles. The molecule has 3 aromatic rings. The Morgan fingerprint density at radius 2 is 1.50 bits per heavy atom. The Balaban J connectivity index is 1.43. The van der Waals surface area contributed by atoms with Crippen LogP contribution in [-0.4, -0.2) is 18.4 Å². The first-order valence-electron chi connectivity index (χ1n) is 9.62. The fourth-order valence-electron chi connectivity index (χ4n) is 2.82. The molecule has 0 fully saturated rings. The van der Waals surface area contributed by atoms with Gasteiger partial charge in [0.05, 0.1) is 0 Å². The lowest BCUT2D eigenvalue weighted by Crippen LogP contribution is -2.20. The molecule has 0 atom stereocenters. The quantitative estimate of drug-likeness (QED) is 0.521. The molecule has 0 heterocycles. The predicted molar refractivity (Wildman–Crippen MR) is 120 cm³/mol. The van der Waals surface area contributed by atoms with E-state index in [0.717, 1.165) is 11.1 Å². The number of amides is 2. The maximum Gasteiger partial charge on any atom is 0.262 e. The van der Waals surface area contributed by atoms with Gasteiger partial charge in [-0.2, -0.15) is 0 Å². The van der Waals surface area contributed by atoms with Crippen LogP contribution in [0, 0.1) is 6.92 Å². The molecule has 6 heteroatoms. The van der Waals surface area contributed by atoms with Crippen molar-refractivity contribution in [2.75, 3.05) is 17.2 Å². The lowest BCUT2D eigenvalue weighted by Gasteiger charge is -2.10. The van der Waals surface area contributed by atoms with E-state index < -0.39 is 0 Å². The Bertz CT molecular complexity index is 1000. The summed E-state index contributed by atoms with van der Waals surface area (Å²) >= 11 is 5.98. The largest absolute Gasteiger partial charge is 0.484 e. The summed E-state index contributed by atoms with van der Waals surface area (Å²) in [5.74, 6) is 0.255. The van der Waals surface area contributed by atoms with Crippen molar-refractivity contribution < 1.29 is 14.3 Å². The highest BCUT2D eigenvalue weighted by Crippen LogP contribution is 2.21. The Labute approximate surface area is 181 Å². The molecule has 3 rings (SSSR count). The van der Waals surface area contributed by atoms with E-state index in [-0.39, 0.29) is 18.4 Å². The number of carbonyl (C=O) groups is 2. The topological polar surface area (TPSA) is 67.4 Å². The van der Waals surface area contributed by atoms with E-state index in [0.29, 0.717) is 35.0 Å². The van der Waals surface area contributed by atoms with Crippen LogP contribution >= 0.6 is 11.6 Å². The lowest BCUT2D eigenvalue weighted by atomic mass is 10.1. The highest BCUT2D eigenvalue weighted by Gasteiger charge is 2.07. The van der Waals surface area contributed by atoms with Crippen molar-refractivity contribution >= 4 is 34.8 Å². The van der Waals surface area contributed by atoms with Gasteiger partial charge >= 0.3 is 0 Å². The van der Waals surface area contributed by atoms with E-state index in [4.69, 9.17) is 16.3 Å². The van der Waals surface area contributed by atoms with Gasteiger partial charge in [-0.05, 0) is 66.9 Å². The molecule has 0 bridgehead atoms. The summed E-state index contributed by atoms with van der Waals surface area (Å²) in [6.45, 7) is 1.76. The molecule has 0 unspecified atom stereocenters. The number of benzene rings is 3. The molecule has 0 radical (unpaired) electrons. The molecular weight excluding hydrogens is 400 g/mol. The van der Waals surface area contributed by atoms with E-state index in [9.17, 15) is 9.59 Å². The zero-order chi connectivity index (χ0) is 21.3. The van der Waals surface area contributed by atoms with Crippen LogP contribution in [0.1, 0.15) is 17.5 Å². The minimum absolute atomic E-state index is 0.0534. The molecule has 0 aliphatic heterocycles. The number of halogens is 1. The normalized spacial score (nSPS) is 10.3. The Kier molecular flexibility index (Phi) is 7.46. The zero-order valence-electron chi connectivity index (χ0n) is 16.7. The van der Waals surface area contributed by atoms with Crippen LogP contribution in [0.4, 0.5) is 11.4 Å². The van der Waals surface area contributed by atoms with Crippen LogP contribution in [0.2, 0.25) is 5.02 Å². The molecule has 2 amide bonds. The van der Waals surface area contributed by atoms with Gasteiger partial charge in [-0.1, -0.05) is 41.9 Å². The van der Waals surface area contributed by atoms with Crippen LogP contribution in [-0.2, 0) is 16.0 Å². The van der Waals surface area contributed by atoms with E-state index in [1.807, 2.05) is 37.3 Å². The smallest absolute Gasteiger partial charge is 0.262 e. The summed E-state index contributed by atoms with van der Waals surface area (Å²) in [6.07, 6.45) is 1.10. The predicted octanol–water partition coefficient (Wildman–Crippen LogP) is 5.24. The van der Waals surface area contributed by atoms with Gasteiger partial charge in [-0.15, -0.1) is 0 Å². The van der Waals surface area contributed by atoms with Crippen molar-refractivity contribution in [2.45, 2.75) is 19.8 Å². The first-order chi connectivity index (χ1) is 14.5. The van der Waals surface area contributed by atoms with Crippen molar-refractivity contribution in [3.8, 4) is 5.75 Å². The van der Waals surface area contributed by atoms with Crippen molar-refractivity contribution in [1.82, 2.24) is 0 Å². The van der Waals surface area contributed by atoms with Crippen molar-refractivity contribution in [3.05, 3.63) is 88.9 Å². The second-order valence-corrected chi connectivity index (χ2v) is 7.27. The van der Waals surface area contributed by atoms with E-state index in [1.54, 1.807) is 42.5 Å². The van der Waals surface area contributed by atoms with E-state index >= 15 is 0 Å². The fourth-order valence-corrected chi connectivity index (χ4v) is 2.93. The Morgan fingerprint density at radius 1 is 0.867 bits per heavy atom. The number of anilines is 2. The monoisotopic (exact) mass is 422 g/mol. The number of ether oxygens (including phenoxy) is 1. The number of rotatable bonds is 8. The molecule has 5 nitrogen and oxygen atoms in total. The highest BCUT2D eigenvalue weighted by molar-refractivity contribution is 6.31. The molecular formula is C24H23ClN2O3. The summed E-state index contributed by atoms with van der Waals surface area (Å²) < 4.78 is 5.49. The standard InChI is InChI=1S/C24H23ClN2O3/c1-17-15-21(12-13-22(17)25)30-16-24(29)27-20-10-8-19(9-11-20)26-23(28)14-7-18-5-3-2-4-6-18/h2-6,8-13,15H,7,14,16H2,1H3,(H,26,28)(H,27,29). The molecule has 0 aliphatic rings.